The molecule has 0 aliphatic heterocycles. The van der Waals surface area contributed by atoms with Crippen molar-refractivity contribution in [1.29, 1.82) is 0 Å². The number of fused-ring (bicyclic) bond motifs is 1. The minimum absolute atomic E-state index is 0.618. The lowest BCUT2D eigenvalue weighted by Gasteiger charge is -2.08. The van der Waals surface area contributed by atoms with Crippen LogP contribution in [-0.2, 0) is 13.1 Å². The fourth-order valence-corrected chi connectivity index (χ4v) is 2.22. The Labute approximate surface area is 103 Å². The van der Waals surface area contributed by atoms with Gasteiger partial charge in [0.25, 0.3) is 0 Å². The lowest BCUT2D eigenvalue weighted by Crippen LogP contribution is -2.00. The molecule has 0 atom stereocenters. The molecular formula is C15H22N2. The van der Waals surface area contributed by atoms with Gasteiger partial charge in [-0.25, -0.2) is 0 Å². The molecule has 0 saturated carbocycles. The Morgan fingerprint density at radius 2 is 2.06 bits per heavy atom. The van der Waals surface area contributed by atoms with Crippen LogP contribution in [-0.4, -0.2) is 4.57 Å². The molecule has 0 amide bonds. The average Bonchev–Trinajstić information content (AvgIpc) is 2.71. The second-order valence-corrected chi connectivity index (χ2v) is 5.14. The monoisotopic (exact) mass is 230 g/mol. The van der Waals surface area contributed by atoms with Gasteiger partial charge >= 0.3 is 0 Å². The van der Waals surface area contributed by atoms with Crippen LogP contribution in [0.2, 0.25) is 0 Å². The molecule has 1 heterocycles. The van der Waals surface area contributed by atoms with Crippen LogP contribution < -0.4 is 5.73 Å². The van der Waals surface area contributed by atoms with Crippen LogP contribution in [0.1, 0.15) is 32.3 Å². The third kappa shape index (κ3) is 2.89. The molecular weight excluding hydrogens is 208 g/mol. The highest BCUT2D eigenvalue weighted by Crippen LogP contribution is 2.18. The van der Waals surface area contributed by atoms with Gasteiger partial charge in [0.05, 0.1) is 0 Å². The number of aryl methyl sites for hydroxylation is 1. The molecule has 0 unspecified atom stereocenters. The van der Waals surface area contributed by atoms with Gasteiger partial charge in [-0.05, 0) is 41.8 Å². The first-order valence-electron chi connectivity index (χ1n) is 6.48. The third-order valence-corrected chi connectivity index (χ3v) is 3.25. The highest BCUT2D eigenvalue weighted by atomic mass is 14.9. The number of hydrogen-bond donors (Lipinski definition) is 1. The number of aromatic nitrogens is 1. The van der Waals surface area contributed by atoms with Crippen molar-refractivity contribution in [3.8, 4) is 0 Å². The van der Waals surface area contributed by atoms with Gasteiger partial charge in [-0.15, -0.1) is 0 Å². The maximum Gasteiger partial charge on any atom is 0.0483 e. The van der Waals surface area contributed by atoms with Crippen LogP contribution in [0.4, 0.5) is 0 Å². The SMILES string of the molecule is CC(C)CCCn1ccc2ccc(CN)cc21. The molecule has 92 valence electrons. The topological polar surface area (TPSA) is 30.9 Å². The molecule has 17 heavy (non-hydrogen) atoms. The highest BCUT2D eigenvalue weighted by Gasteiger charge is 2.02. The summed E-state index contributed by atoms with van der Waals surface area (Å²) in [6.45, 7) is 6.28. The lowest BCUT2D eigenvalue weighted by atomic mass is 10.1. The largest absolute Gasteiger partial charge is 0.347 e. The number of hydrogen-bond acceptors (Lipinski definition) is 1. The van der Waals surface area contributed by atoms with Gasteiger partial charge in [-0.3, -0.25) is 0 Å². The van der Waals surface area contributed by atoms with E-state index in [2.05, 4.69) is 48.9 Å². The van der Waals surface area contributed by atoms with E-state index in [9.17, 15) is 0 Å². The first kappa shape index (κ1) is 12.2. The zero-order valence-corrected chi connectivity index (χ0v) is 10.8. The Morgan fingerprint density at radius 1 is 1.24 bits per heavy atom. The van der Waals surface area contributed by atoms with Gasteiger partial charge in [-0.2, -0.15) is 0 Å². The summed E-state index contributed by atoms with van der Waals surface area (Å²) in [5.74, 6) is 0.788. The van der Waals surface area contributed by atoms with E-state index in [1.54, 1.807) is 0 Å². The minimum Gasteiger partial charge on any atom is -0.347 e. The number of rotatable bonds is 5. The van der Waals surface area contributed by atoms with Crippen molar-refractivity contribution in [3.63, 3.8) is 0 Å². The third-order valence-electron chi connectivity index (χ3n) is 3.25. The maximum absolute atomic E-state index is 5.69. The van der Waals surface area contributed by atoms with E-state index in [0.717, 1.165) is 12.5 Å². The number of nitrogens with zero attached hydrogens (tertiary/aromatic N) is 1. The molecule has 2 aromatic rings. The predicted octanol–water partition coefficient (Wildman–Crippen LogP) is 3.54. The van der Waals surface area contributed by atoms with E-state index < -0.39 is 0 Å². The average molecular weight is 230 g/mol. The molecule has 0 aliphatic rings. The Kier molecular flexibility index (Phi) is 3.85. The number of nitrogens with two attached hydrogens (primary N) is 1. The van der Waals surface area contributed by atoms with E-state index in [0.29, 0.717) is 6.54 Å². The summed E-state index contributed by atoms with van der Waals surface area (Å²) in [4.78, 5) is 0. The van der Waals surface area contributed by atoms with Crippen LogP contribution in [0, 0.1) is 5.92 Å². The van der Waals surface area contributed by atoms with Crippen LogP contribution in [0.5, 0.6) is 0 Å². The van der Waals surface area contributed by atoms with Crippen molar-refractivity contribution in [1.82, 2.24) is 4.57 Å². The highest BCUT2D eigenvalue weighted by molar-refractivity contribution is 5.80. The van der Waals surface area contributed by atoms with Crippen molar-refractivity contribution in [2.45, 2.75) is 39.8 Å². The molecule has 2 rings (SSSR count). The molecule has 0 aliphatic carbocycles. The van der Waals surface area contributed by atoms with E-state index >= 15 is 0 Å². The molecule has 0 saturated heterocycles. The van der Waals surface area contributed by atoms with Crippen LogP contribution in [0.3, 0.4) is 0 Å². The summed E-state index contributed by atoms with van der Waals surface area (Å²) in [7, 11) is 0. The van der Waals surface area contributed by atoms with Crippen LogP contribution in [0.25, 0.3) is 10.9 Å². The Balaban J connectivity index is 2.16. The van der Waals surface area contributed by atoms with Crippen LogP contribution >= 0.6 is 0 Å². The van der Waals surface area contributed by atoms with E-state index in [1.807, 2.05) is 0 Å². The minimum atomic E-state index is 0.618. The molecule has 0 radical (unpaired) electrons. The molecule has 1 aromatic carbocycles. The maximum atomic E-state index is 5.69. The van der Waals surface area contributed by atoms with Gasteiger partial charge < -0.3 is 10.3 Å². The van der Waals surface area contributed by atoms with Gasteiger partial charge in [0.15, 0.2) is 0 Å². The standard InChI is InChI=1S/C15H22N2/c1-12(2)4-3-8-17-9-7-14-6-5-13(11-16)10-15(14)17/h5-7,9-10,12H,3-4,8,11,16H2,1-2H3. The van der Waals surface area contributed by atoms with Crippen molar-refractivity contribution in [3.05, 3.63) is 36.0 Å². The number of benzene rings is 1. The van der Waals surface area contributed by atoms with Gasteiger partial charge in [-0.1, -0.05) is 26.0 Å². The summed E-state index contributed by atoms with van der Waals surface area (Å²) in [5.41, 5.74) is 8.22. The molecule has 0 bridgehead atoms. The van der Waals surface area contributed by atoms with E-state index in [1.165, 1.54) is 29.3 Å². The van der Waals surface area contributed by atoms with Crippen molar-refractivity contribution in [2.24, 2.45) is 11.7 Å². The second-order valence-electron chi connectivity index (χ2n) is 5.14. The Morgan fingerprint density at radius 3 is 2.76 bits per heavy atom. The zero-order chi connectivity index (χ0) is 12.3. The molecule has 2 N–H and O–H groups in total. The van der Waals surface area contributed by atoms with Crippen molar-refractivity contribution >= 4 is 10.9 Å². The van der Waals surface area contributed by atoms with E-state index in [-0.39, 0.29) is 0 Å². The Bertz CT molecular complexity index is 483. The summed E-state index contributed by atoms with van der Waals surface area (Å²) in [6.07, 6.45) is 4.72. The van der Waals surface area contributed by atoms with E-state index in [4.69, 9.17) is 5.73 Å². The van der Waals surface area contributed by atoms with Gasteiger partial charge in [0.1, 0.15) is 0 Å². The zero-order valence-electron chi connectivity index (χ0n) is 10.8. The summed E-state index contributed by atoms with van der Waals surface area (Å²) >= 11 is 0. The fourth-order valence-electron chi connectivity index (χ4n) is 2.22. The molecule has 2 heteroatoms. The Hall–Kier alpha value is -1.28. The summed E-state index contributed by atoms with van der Waals surface area (Å²) < 4.78 is 2.34. The second kappa shape index (κ2) is 5.37. The normalized spacial score (nSPS) is 11.5. The lowest BCUT2D eigenvalue weighted by molar-refractivity contribution is 0.518. The summed E-state index contributed by atoms with van der Waals surface area (Å²) in [5, 5.41) is 1.31. The summed E-state index contributed by atoms with van der Waals surface area (Å²) in [6, 6.07) is 8.67. The molecule has 2 nitrogen and oxygen atoms in total. The predicted molar refractivity (Wildman–Crippen MR) is 73.9 cm³/mol. The molecule has 0 fully saturated rings. The molecule has 0 spiro atoms. The van der Waals surface area contributed by atoms with Gasteiger partial charge in [0, 0.05) is 24.8 Å². The van der Waals surface area contributed by atoms with Gasteiger partial charge in [0.2, 0.25) is 0 Å². The quantitative estimate of drug-likeness (QED) is 0.837. The first-order valence-corrected chi connectivity index (χ1v) is 6.48. The van der Waals surface area contributed by atoms with Crippen molar-refractivity contribution < 1.29 is 0 Å². The smallest absolute Gasteiger partial charge is 0.0483 e. The fraction of sp³-hybridized carbons (Fsp3) is 0.467. The van der Waals surface area contributed by atoms with Crippen LogP contribution in [0.15, 0.2) is 30.5 Å². The molecule has 1 aromatic heterocycles. The first-order chi connectivity index (χ1) is 8.20. The van der Waals surface area contributed by atoms with Crippen molar-refractivity contribution in [2.75, 3.05) is 0 Å².